The zero-order chi connectivity index (χ0) is 33.6. The number of hydrogen-bond donors (Lipinski definition) is 2. The number of anilines is 2. The van der Waals surface area contributed by atoms with Crippen LogP contribution in [-0.2, 0) is 20.1 Å². The third kappa shape index (κ3) is 7.64. The van der Waals surface area contributed by atoms with Gasteiger partial charge in [-0.2, -0.15) is 4.98 Å². The Bertz CT molecular complexity index is 1830. The molecule has 2 aliphatic heterocycles. The van der Waals surface area contributed by atoms with Crippen LogP contribution < -0.4 is 20.1 Å². The van der Waals surface area contributed by atoms with Crippen LogP contribution >= 0.6 is 39.3 Å². The molecule has 0 spiro atoms. The molecule has 0 bridgehead atoms. The number of halogens is 2. The average Bonchev–Trinajstić information content (AvgIpc) is 3.50. The van der Waals surface area contributed by atoms with Crippen molar-refractivity contribution in [3.63, 3.8) is 0 Å². The summed E-state index contributed by atoms with van der Waals surface area (Å²) in [6.45, 7) is 5.95. The molecule has 3 heterocycles. The third-order valence-electron chi connectivity index (χ3n) is 7.78. The molecule has 250 valence electrons. The molecule has 3 aromatic carbocycles. The zero-order valence-electron chi connectivity index (χ0n) is 26.4. The number of thioether (sulfide) groups is 1. The van der Waals surface area contributed by atoms with Crippen molar-refractivity contribution >= 4 is 62.7 Å². The number of fused-ring (bicyclic) bond motifs is 1. The van der Waals surface area contributed by atoms with Crippen molar-refractivity contribution < 1.29 is 23.8 Å². The maximum absolute atomic E-state index is 14.0. The molecule has 11 nitrogen and oxygen atoms in total. The highest BCUT2D eigenvalue weighted by Gasteiger charge is 2.36. The van der Waals surface area contributed by atoms with E-state index in [0.717, 1.165) is 5.56 Å². The van der Waals surface area contributed by atoms with Gasteiger partial charge in [0, 0.05) is 35.2 Å². The normalized spacial score (nSPS) is 15.8. The van der Waals surface area contributed by atoms with Gasteiger partial charge in [-0.15, -0.1) is 5.10 Å². The highest BCUT2D eigenvalue weighted by Crippen LogP contribution is 2.43. The van der Waals surface area contributed by atoms with Crippen LogP contribution in [0.4, 0.5) is 11.6 Å². The van der Waals surface area contributed by atoms with E-state index >= 15 is 0 Å². The molecule has 2 amide bonds. The van der Waals surface area contributed by atoms with E-state index in [0.29, 0.717) is 93.3 Å². The highest BCUT2D eigenvalue weighted by atomic mass is 79.9. The molecule has 0 radical (unpaired) electrons. The Morgan fingerprint density at radius 2 is 1.85 bits per heavy atom. The molecule has 1 aromatic heterocycles. The fourth-order valence-corrected chi connectivity index (χ4v) is 7.15. The lowest BCUT2D eigenvalue weighted by Crippen LogP contribution is -2.43. The van der Waals surface area contributed by atoms with E-state index in [1.165, 1.54) is 11.8 Å². The molecule has 1 saturated heterocycles. The van der Waals surface area contributed by atoms with Gasteiger partial charge in [-0.05, 0) is 71.2 Å². The second-order valence-electron chi connectivity index (χ2n) is 11.0. The molecule has 0 saturated carbocycles. The molecule has 1 atom stereocenters. The van der Waals surface area contributed by atoms with Crippen molar-refractivity contribution in [3.05, 3.63) is 98.6 Å². The number of nitrogens with zero attached hydrogens (tertiary/aromatic N) is 4. The average molecular weight is 754 g/mol. The van der Waals surface area contributed by atoms with Crippen LogP contribution in [0.25, 0.3) is 0 Å². The van der Waals surface area contributed by atoms with E-state index in [1.807, 2.05) is 80.6 Å². The van der Waals surface area contributed by atoms with Gasteiger partial charge in [-0.3, -0.25) is 9.59 Å². The molecule has 1 unspecified atom stereocenters. The standard InChI is InChI=1S/C34H34BrClN6O5S/c1-3-46-27-18-23(17-25(35)31(27)47-19-28(43)41-13-15-45-16-14-41)30-29(32(44)38-24-10-5-4-6-11-24)21(2)37-33-39-34(40-42(30)33)48-20-22-9-7-8-12-26(22)36/h4-12,17-18,30H,3,13-16,19-20H2,1-2H3,(H,38,44)(H,37,39,40). The first kappa shape index (κ1) is 33.8. The Balaban J connectivity index is 1.35. The van der Waals surface area contributed by atoms with E-state index in [9.17, 15) is 9.59 Å². The summed E-state index contributed by atoms with van der Waals surface area (Å²) >= 11 is 11.5. The Morgan fingerprint density at radius 1 is 1.10 bits per heavy atom. The first-order chi connectivity index (χ1) is 23.3. The summed E-state index contributed by atoms with van der Waals surface area (Å²) in [6.07, 6.45) is 0. The van der Waals surface area contributed by atoms with Crippen LogP contribution in [0, 0.1) is 0 Å². The lowest BCUT2D eigenvalue weighted by Gasteiger charge is -2.29. The van der Waals surface area contributed by atoms with E-state index in [-0.39, 0.29) is 18.4 Å². The third-order valence-corrected chi connectivity index (χ3v) is 9.62. The Hall–Kier alpha value is -4.04. The van der Waals surface area contributed by atoms with Crippen LogP contribution in [0.15, 0.2) is 87.6 Å². The van der Waals surface area contributed by atoms with Crippen LogP contribution in [0.2, 0.25) is 5.02 Å². The van der Waals surface area contributed by atoms with Crippen molar-refractivity contribution in [3.8, 4) is 11.5 Å². The smallest absolute Gasteiger partial charge is 0.260 e. The number of amides is 2. The number of para-hydroxylation sites is 1. The summed E-state index contributed by atoms with van der Waals surface area (Å²) in [6, 6.07) is 19.9. The summed E-state index contributed by atoms with van der Waals surface area (Å²) in [4.78, 5) is 33.4. The van der Waals surface area contributed by atoms with E-state index < -0.39 is 6.04 Å². The quantitative estimate of drug-likeness (QED) is 0.164. The Morgan fingerprint density at radius 3 is 2.60 bits per heavy atom. The number of aromatic nitrogens is 3. The highest BCUT2D eigenvalue weighted by molar-refractivity contribution is 9.10. The predicted molar refractivity (Wildman–Crippen MR) is 189 cm³/mol. The second kappa shape index (κ2) is 15.5. The number of nitrogens with one attached hydrogen (secondary N) is 2. The first-order valence-electron chi connectivity index (χ1n) is 15.4. The largest absolute Gasteiger partial charge is 0.490 e. The summed E-state index contributed by atoms with van der Waals surface area (Å²) in [7, 11) is 0. The summed E-state index contributed by atoms with van der Waals surface area (Å²) in [5, 5.41) is 12.4. The van der Waals surface area contributed by atoms with Gasteiger partial charge >= 0.3 is 0 Å². The molecule has 2 N–H and O–H groups in total. The predicted octanol–water partition coefficient (Wildman–Crippen LogP) is 6.55. The van der Waals surface area contributed by atoms with E-state index in [1.54, 1.807) is 9.58 Å². The van der Waals surface area contributed by atoms with Crippen LogP contribution in [0.3, 0.4) is 0 Å². The first-order valence-corrected chi connectivity index (χ1v) is 17.6. The minimum atomic E-state index is -0.688. The number of carbonyl (C=O) groups is 2. The monoisotopic (exact) mass is 752 g/mol. The molecule has 6 rings (SSSR count). The Labute approximate surface area is 296 Å². The van der Waals surface area contributed by atoms with Crippen molar-refractivity contribution in [2.24, 2.45) is 0 Å². The molecule has 2 aliphatic rings. The van der Waals surface area contributed by atoms with Gasteiger partial charge in [0.1, 0.15) is 6.04 Å². The number of allylic oxidation sites excluding steroid dienone is 1. The maximum atomic E-state index is 14.0. The van der Waals surface area contributed by atoms with Gasteiger partial charge in [0.2, 0.25) is 11.1 Å². The van der Waals surface area contributed by atoms with Crippen LogP contribution in [-0.4, -0.2) is 71.0 Å². The van der Waals surface area contributed by atoms with Gasteiger partial charge in [0.15, 0.2) is 18.1 Å². The number of rotatable bonds is 11. The number of benzene rings is 3. The summed E-state index contributed by atoms with van der Waals surface area (Å²) in [5.41, 5.74) is 3.40. The minimum Gasteiger partial charge on any atom is -0.490 e. The van der Waals surface area contributed by atoms with E-state index in [2.05, 4.69) is 26.6 Å². The zero-order valence-corrected chi connectivity index (χ0v) is 29.5. The lowest BCUT2D eigenvalue weighted by atomic mass is 9.94. The maximum Gasteiger partial charge on any atom is 0.260 e. The second-order valence-corrected chi connectivity index (χ2v) is 13.2. The molecular weight excluding hydrogens is 720 g/mol. The fourth-order valence-electron chi connectivity index (χ4n) is 5.46. The van der Waals surface area contributed by atoms with Gasteiger partial charge in [-0.25, -0.2) is 4.68 Å². The minimum absolute atomic E-state index is 0.136. The van der Waals surface area contributed by atoms with Crippen molar-refractivity contribution in [2.75, 3.05) is 50.2 Å². The number of ether oxygens (including phenoxy) is 3. The topological polar surface area (TPSA) is 120 Å². The van der Waals surface area contributed by atoms with Crippen LogP contribution in [0.1, 0.15) is 31.0 Å². The molecule has 4 aromatic rings. The lowest BCUT2D eigenvalue weighted by molar-refractivity contribution is -0.137. The van der Waals surface area contributed by atoms with Gasteiger partial charge in [-0.1, -0.05) is 59.8 Å². The summed E-state index contributed by atoms with van der Waals surface area (Å²) in [5.74, 6) is 1.43. The molecule has 14 heteroatoms. The molecular formula is C34H34BrClN6O5S. The SMILES string of the molecule is CCOc1cc(C2C(C(=O)Nc3ccccc3)=C(C)Nc3nc(SCc4ccccc4Cl)nn32)cc(Br)c1OCC(=O)N1CCOCC1. The summed E-state index contributed by atoms with van der Waals surface area (Å²) < 4.78 is 19.7. The van der Waals surface area contributed by atoms with Gasteiger partial charge < -0.3 is 29.7 Å². The molecule has 48 heavy (non-hydrogen) atoms. The Kier molecular flexibility index (Phi) is 10.9. The fraction of sp³-hybridized carbons (Fsp3) is 0.294. The molecule has 0 aliphatic carbocycles. The molecule has 1 fully saturated rings. The number of morpholine rings is 1. The van der Waals surface area contributed by atoms with Gasteiger partial charge in [0.25, 0.3) is 11.8 Å². The van der Waals surface area contributed by atoms with Crippen molar-refractivity contribution in [1.82, 2.24) is 19.7 Å². The number of hydrogen-bond acceptors (Lipinski definition) is 9. The number of carbonyl (C=O) groups excluding carboxylic acids is 2. The van der Waals surface area contributed by atoms with Crippen LogP contribution in [0.5, 0.6) is 11.5 Å². The van der Waals surface area contributed by atoms with E-state index in [4.69, 9.17) is 35.9 Å². The van der Waals surface area contributed by atoms with Crippen molar-refractivity contribution in [1.29, 1.82) is 0 Å². The van der Waals surface area contributed by atoms with Crippen molar-refractivity contribution in [2.45, 2.75) is 30.8 Å². The van der Waals surface area contributed by atoms with Gasteiger partial charge in [0.05, 0.1) is 29.9 Å².